The molecule has 0 spiro atoms. The first kappa shape index (κ1) is 12.3. The smallest absolute Gasteiger partial charge is 0.360 e. The second kappa shape index (κ2) is 5.00. The van der Waals surface area contributed by atoms with Crippen LogP contribution in [0.1, 0.15) is 28.7 Å². The van der Waals surface area contributed by atoms with Gasteiger partial charge >= 0.3 is 5.97 Å². The van der Waals surface area contributed by atoms with Crippen molar-refractivity contribution in [3.63, 3.8) is 0 Å². The Bertz CT molecular complexity index is 558. The molecule has 1 heterocycles. The summed E-state index contributed by atoms with van der Waals surface area (Å²) in [7, 11) is 1.33. The maximum Gasteiger partial charge on any atom is 0.360 e. The van der Waals surface area contributed by atoms with Gasteiger partial charge < -0.3 is 4.74 Å². The van der Waals surface area contributed by atoms with Crippen molar-refractivity contribution in [1.82, 2.24) is 15.0 Å². The molecule has 0 unspecified atom stereocenters. The fraction of sp³-hybridized carbons (Fsp3) is 0.308. The van der Waals surface area contributed by atoms with Crippen LogP contribution in [0.25, 0.3) is 5.69 Å². The van der Waals surface area contributed by atoms with E-state index in [0.717, 1.165) is 12.1 Å². The molecule has 0 atom stereocenters. The van der Waals surface area contributed by atoms with Crippen LogP contribution in [-0.2, 0) is 11.2 Å². The number of esters is 1. The van der Waals surface area contributed by atoms with Crippen molar-refractivity contribution in [3.8, 4) is 5.69 Å². The van der Waals surface area contributed by atoms with Crippen molar-refractivity contribution < 1.29 is 9.53 Å². The third-order valence-electron chi connectivity index (χ3n) is 2.86. The molecule has 0 aliphatic carbocycles. The maximum atomic E-state index is 11.4. The minimum atomic E-state index is -0.469. The number of methoxy groups -OCH3 is 1. The lowest BCUT2D eigenvalue weighted by Crippen LogP contribution is -2.05. The van der Waals surface area contributed by atoms with Gasteiger partial charge in [-0.3, -0.25) is 0 Å². The molecule has 5 nitrogen and oxygen atoms in total. The minimum absolute atomic E-state index is 0.247. The summed E-state index contributed by atoms with van der Waals surface area (Å²) < 4.78 is 6.28. The fourth-order valence-electron chi connectivity index (χ4n) is 1.73. The number of benzene rings is 1. The highest BCUT2D eigenvalue weighted by Gasteiger charge is 2.17. The quantitative estimate of drug-likeness (QED) is 0.775. The molecule has 0 aliphatic rings. The normalized spacial score (nSPS) is 10.4. The predicted octanol–water partition coefficient (Wildman–Crippen LogP) is 1.92. The van der Waals surface area contributed by atoms with Gasteiger partial charge in [0.2, 0.25) is 0 Å². The lowest BCUT2D eigenvalue weighted by Gasteiger charge is -2.04. The van der Waals surface area contributed by atoms with Gasteiger partial charge in [0, 0.05) is 0 Å². The Morgan fingerprint density at radius 3 is 2.56 bits per heavy atom. The van der Waals surface area contributed by atoms with Crippen LogP contribution < -0.4 is 0 Å². The zero-order valence-corrected chi connectivity index (χ0v) is 10.7. The van der Waals surface area contributed by atoms with Crippen LogP contribution in [0.15, 0.2) is 24.3 Å². The van der Waals surface area contributed by atoms with E-state index in [1.165, 1.54) is 12.7 Å². The highest BCUT2D eigenvalue weighted by molar-refractivity contribution is 5.88. The van der Waals surface area contributed by atoms with Gasteiger partial charge in [0.05, 0.1) is 18.5 Å². The third-order valence-corrected chi connectivity index (χ3v) is 2.86. The molecule has 5 heteroatoms. The first-order valence-corrected chi connectivity index (χ1v) is 5.77. The Kier molecular flexibility index (Phi) is 3.41. The maximum absolute atomic E-state index is 11.4. The lowest BCUT2D eigenvalue weighted by molar-refractivity contribution is 0.0593. The molecule has 0 bridgehead atoms. The number of hydrogen-bond donors (Lipinski definition) is 0. The molecule has 0 amide bonds. The van der Waals surface area contributed by atoms with Gasteiger partial charge in [-0.15, -0.1) is 5.10 Å². The molecule has 1 aromatic carbocycles. The molecule has 0 saturated heterocycles. The van der Waals surface area contributed by atoms with Crippen LogP contribution in [0, 0.1) is 6.92 Å². The van der Waals surface area contributed by atoms with Crippen LogP contribution in [0.5, 0.6) is 0 Å². The van der Waals surface area contributed by atoms with Crippen molar-refractivity contribution in [3.05, 3.63) is 41.2 Å². The Balaban J connectivity index is 2.39. The van der Waals surface area contributed by atoms with Crippen LogP contribution in [0.2, 0.25) is 0 Å². The SMILES string of the molecule is CCc1ccc(-n2nnc(C(=O)OC)c2C)cc1. The summed E-state index contributed by atoms with van der Waals surface area (Å²) >= 11 is 0. The number of carbonyl (C=O) groups is 1. The Labute approximate surface area is 105 Å². The number of rotatable bonds is 3. The van der Waals surface area contributed by atoms with E-state index < -0.39 is 5.97 Å². The van der Waals surface area contributed by atoms with Crippen molar-refractivity contribution in [2.45, 2.75) is 20.3 Å². The Hall–Kier alpha value is -2.17. The van der Waals surface area contributed by atoms with Gasteiger partial charge in [-0.2, -0.15) is 0 Å². The standard InChI is InChI=1S/C13H15N3O2/c1-4-10-5-7-11(8-6-10)16-9(2)12(14-15-16)13(17)18-3/h5-8H,4H2,1-3H3. The van der Waals surface area contributed by atoms with Crippen molar-refractivity contribution in [2.75, 3.05) is 7.11 Å². The van der Waals surface area contributed by atoms with Crippen LogP contribution in [0.3, 0.4) is 0 Å². The average Bonchev–Trinajstić information content (AvgIpc) is 2.80. The van der Waals surface area contributed by atoms with Crippen LogP contribution in [-0.4, -0.2) is 28.1 Å². The zero-order chi connectivity index (χ0) is 13.1. The molecule has 1 aromatic heterocycles. The molecular formula is C13H15N3O2. The molecular weight excluding hydrogens is 230 g/mol. The molecule has 2 rings (SSSR count). The molecule has 18 heavy (non-hydrogen) atoms. The average molecular weight is 245 g/mol. The first-order valence-electron chi connectivity index (χ1n) is 5.77. The van der Waals surface area contributed by atoms with E-state index in [4.69, 9.17) is 0 Å². The van der Waals surface area contributed by atoms with E-state index in [9.17, 15) is 4.79 Å². The monoisotopic (exact) mass is 245 g/mol. The molecule has 94 valence electrons. The molecule has 0 radical (unpaired) electrons. The highest BCUT2D eigenvalue weighted by atomic mass is 16.5. The van der Waals surface area contributed by atoms with Gasteiger partial charge in [0.25, 0.3) is 0 Å². The number of nitrogens with zero attached hydrogens (tertiary/aromatic N) is 3. The highest BCUT2D eigenvalue weighted by Crippen LogP contribution is 2.14. The van der Waals surface area contributed by atoms with Gasteiger partial charge in [-0.05, 0) is 31.0 Å². The summed E-state index contributed by atoms with van der Waals surface area (Å²) in [5.41, 5.74) is 3.06. The Morgan fingerprint density at radius 2 is 2.00 bits per heavy atom. The van der Waals surface area contributed by atoms with E-state index in [2.05, 4.69) is 22.0 Å². The number of aryl methyl sites for hydroxylation is 1. The Morgan fingerprint density at radius 1 is 1.33 bits per heavy atom. The summed E-state index contributed by atoms with van der Waals surface area (Å²) in [5, 5.41) is 7.82. The number of ether oxygens (including phenoxy) is 1. The third kappa shape index (κ3) is 2.11. The van der Waals surface area contributed by atoms with E-state index in [1.54, 1.807) is 11.6 Å². The van der Waals surface area contributed by atoms with Crippen molar-refractivity contribution >= 4 is 5.97 Å². The van der Waals surface area contributed by atoms with Crippen molar-refractivity contribution in [2.24, 2.45) is 0 Å². The number of hydrogen-bond acceptors (Lipinski definition) is 4. The molecule has 0 aliphatic heterocycles. The summed E-state index contributed by atoms with van der Waals surface area (Å²) in [6.45, 7) is 3.89. The summed E-state index contributed by atoms with van der Waals surface area (Å²) in [6.07, 6.45) is 0.990. The van der Waals surface area contributed by atoms with E-state index >= 15 is 0 Å². The first-order chi connectivity index (χ1) is 8.67. The summed E-state index contributed by atoms with van der Waals surface area (Å²) in [5.74, 6) is -0.469. The molecule has 2 aromatic rings. The number of aromatic nitrogens is 3. The van der Waals surface area contributed by atoms with E-state index in [0.29, 0.717) is 5.69 Å². The fourth-order valence-corrected chi connectivity index (χ4v) is 1.73. The minimum Gasteiger partial charge on any atom is -0.464 e. The van der Waals surface area contributed by atoms with E-state index in [-0.39, 0.29) is 5.69 Å². The summed E-state index contributed by atoms with van der Waals surface area (Å²) in [4.78, 5) is 11.4. The predicted molar refractivity (Wildman–Crippen MR) is 66.8 cm³/mol. The topological polar surface area (TPSA) is 57.0 Å². The number of carbonyl (C=O) groups excluding carboxylic acids is 1. The largest absolute Gasteiger partial charge is 0.464 e. The lowest BCUT2D eigenvalue weighted by atomic mass is 10.1. The summed E-state index contributed by atoms with van der Waals surface area (Å²) in [6, 6.07) is 7.99. The zero-order valence-electron chi connectivity index (χ0n) is 10.7. The van der Waals surface area contributed by atoms with Gasteiger partial charge in [0.15, 0.2) is 5.69 Å². The van der Waals surface area contributed by atoms with E-state index in [1.807, 2.05) is 24.3 Å². The van der Waals surface area contributed by atoms with Gasteiger partial charge in [-0.25, -0.2) is 9.48 Å². The molecule has 0 saturated carbocycles. The van der Waals surface area contributed by atoms with Gasteiger partial charge in [0.1, 0.15) is 0 Å². The van der Waals surface area contributed by atoms with Gasteiger partial charge in [-0.1, -0.05) is 24.3 Å². The second-order valence-corrected chi connectivity index (χ2v) is 3.95. The van der Waals surface area contributed by atoms with Crippen molar-refractivity contribution in [1.29, 1.82) is 0 Å². The molecule has 0 fully saturated rings. The van der Waals surface area contributed by atoms with Crippen LogP contribution in [0.4, 0.5) is 0 Å². The van der Waals surface area contributed by atoms with Crippen LogP contribution >= 0.6 is 0 Å². The molecule has 0 N–H and O–H groups in total. The second-order valence-electron chi connectivity index (χ2n) is 3.95.